The fourth-order valence-corrected chi connectivity index (χ4v) is 4.08. The summed E-state index contributed by atoms with van der Waals surface area (Å²) in [4.78, 5) is 29.8. The molecule has 204 valence electrons. The first-order valence-corrected chi connectivity index (χ1v) is 12.3. The third-order valence-corrected chi connectivity index (χ3v) is 6.23. The quantitative estimate of drug-likeness (QED) is 0.281. The van der Waals surface area contributed by atoms with E-state index >= 15 is 0 Å². The fraction of sp³-hybridized carbons (Fsp3) is 0.179. The first-order valence-electron chi connectivity index (χ1n) is 12.3. The third kappa shape index (κ3) is 5.41. The molecule has 12 heteroatoms. The van der Waals surface area contributed by atoms with Gasteiger partial charge in [0.15, 0.2) is 17.0 Å². The Kier molecular flexibility index (Phi) is 6.84. The number of alkyl halides is 3. The molecule has 2 N–H and O–H groups in total. The van der Waals surface area contributed by atoms with Crippen molar-refractivity contribution in [1.82, 2.24) is 24.4 Å². The number of carbonyl (C=O) groups excluding carboxylic acids is 2. The molecule has 2 aromatic carbocycles. The van der Waals surface area contributed by atoms with Crippen molar-refractivity contribution in [2.24, 2.45) is 7.05 Å². The molecule has 0 unspecified atom stereocenters. The van der Waals surface area contributed by atoms with Crippen LogP contribution in [0.5, 0.6) is 0 Å². The number of nitrogens with one attached hydrogen (secondary N) is 2. The molecule has 0 bridgehead atoms. The van der Waals surface area contributed by atoms with E-state index in [2.05, 4.69) is 25.8 Å². The van der Waals surface area contributed by atoms with Gasteiger partial charge in [-0.3, -0.25) is 14.3 Å². The van der Waals surface area contributed by atoms with Gasteiger partial charge < -0.3 is 10.6 Å². The number of nitrogens with zero attached hydrogens (tertiary/aromatic N) is 5. The van der Waals surface area contributed by atoms with Gasteiger partial charge in [0.2, 0.25) is 0 Å². The molecule has 3 heterocycles. The fourth-order valence-electron chi connectivity index (χ4n) is 4.08. The lowest BCUT2D eigenvalue weighted by atomic mass is 10.0. The molecule has 0 atom stereocenters. The molecule has 3 aromatic heterocycles. The van der Waals surface area contributed by atoms with Gasteiger partial charge in [0, 0.05) is 30.2 Å². The van der Waals surface area contributed by atoms with Crippen LogP contribution in [0.15, 0.2) is 73.1 Å². The van der Waals surface area contributed by atoms with E-state index in [0.717, 1.165) is 17.8 Å². The molecular formula is C28H24F3N7O2. The van der Waals surface area contributed by atoms with Crippen molar-refractivity contribution in [3.63, 3.8) is 0 Å². The molecule has 0 aliphatic carbocycles. The Labute approximate surface area is 226 Å². The number of fused-ring (bicyclic) bond motifs is 1. The van der Waals surface area contributed by atoms with E-state index in [1.807, 2.05) is 26.0 Å². The van der Waals surface area contributed by atoms with Gasteiger partial charge in [-0.2, -0.15) is 23.4 Å². The number of hydrogen-bond acceptors (Lipinski definition) is 5. The van der Waals surface area contributed by atoms with E-state index < -0.39 is 23.7 Å². The van der Waals surface area contributed by atoms with Gasteiger partial charge >= 0.3 is 6.18 Å². The van der Waals surface area contributed by atoms with E-state index in [9.17, 15) is 22.8 Å². The molecule has 0 spiro atoms. The van der Waals surface area contributed by atoms with Crippen LogP contribution in [-0.4, -0.2) is 36.2 Å². The van der Waals surface area contributed by atoms with Gasteiger partial charge in [0.05, 0.1) is 11.9 Å². The van der Waals surface area contributed by atoms with Crippen LogP contribution in [0.3, 0.4) is 0 Å². The monoisotopic (exact) mass is 547 g/mol. The summed E-state index contributed by atoms with van der Waals surface area (Å²) >= 11 is 0. The number of amides is 2. The van der Waals surface area contributed by atoms with Crippen LogP contribution in [0, 0.1) is 0 Å². The summed E-state index contributed by atoms with van der Waals surface area (Å²) in [6.07, 6.45) is -2.03. The Morgan fingerprint density at radius 1 is 0.900 bits per heavy atom. The van der Waals surface area contributed by atoms with Crippen LogP contribution in [0.25, 0.3) is 16.9 Å². The summed E-state index contributed by atoms with van der Waals surface area (Å²) in [7, 11) is 1.70. The highest BCUT2D eigenvalue weighted by Crippen LogP contribution is 2.33. The molecule has 0 saturated heterocycles. The smallest absolute Gasteiger partial charge is 0.322 e. The van der Waals surface area contributed by atoms with E-state index in [-0.39, 0.29) is 28.5 Å². The topological polar surface area (TPSA) is 106 Å². The van der Waals surface area contributed by atoms with E-state index in [1.54, 1.807) is 55.7 Å². The Morgan fingerprint density at radius 2 is 1.52 bits per heavy atom. The molecule has 0 fully saturated rings. The maximum atomic E-state index is 14.0. The minimum Gasteiger partial charge on any atom is -0.322 e. The summed E-state index contributed by atoms with van der Waals surface area (Å²) < 4.78 is 44.0. The minimum atomic E-state index is -4.73. The molecule has 40 heavy (non-hydrogen) atoms. The van der Waals surface area contributed by atoms with Gasteiger partial charge in [-0.1, -0.05) is 38.1 Å². The number of halogens is 3. The van der Waals surface area contributed by atoms with Crippen LogP contribution in [0.4, 0.5) is 24.5 Å². The summed E-state index contributed by atoms with van der Waals surface area (Å²) in [5, 5.41) is 13.2. The third-order valence-electron chi connectivity index (χ3n) is 6.23. The van der Waals surface area contributed by atoms with E-state index in [0.29, 0.717) is 21.5 Å². The van der Waals surface area contributed by atoms with Crippen LogP contribution < -0.4 is 10.6 Å². The zero-order valence-electron chi connectivity index (χ0n) is 21.7. The highest BCUT2D eigenvalue weighted by atomic mass is 19.4. The predicted molar refractivity (Wildman–Crippen MR) is 143 cm³/mol. The van der Waals surface area contributed by atoms with Gasteiger partial charge in [-0.05, 0) is 47.9 Å². The first kappa shape index (κ1) is 26.6. The van der Waals surface area contributed by atoms with Crippen molar-refractivity contribution in [3.8, 4) is 11.3 Å². The second kappa shape index (κ2) is 10.3. The number of benzene rings is 2. The Morgan fingerprint density at radius 3 is 2.08 bits per heavy atom. The predicted octanol–water partition coefficient (Wildman–Crippen LogP) is 5.78. The highest BCUT2D eigenvalue weighted by Gasteiger charge is 2.36. The maximum Gasteiger partial charge on any atom is 0.433 e. The number of aromatic nitrogens is 5. The molecule has 0 radical (unpaired) electrons. The van der Waals surface area contributed by atoms with Gasteiger partial charge in [0.1, 0.15) is 5.56 Å². The second-order valence-corrected chi connectivity index (χ2v) is 9.45. The zero-order valence-corrected chi connectivity index (χ0v) is 21.7. The molecular weight excluding hydrogens is 523 g/mol. The van der Waals surface area contributed by atoms with Gasteiger partial charge in [0.25, 0.3) is 11.8 Å². The minimum absolute atomic E-state index is 0.0673. The summed E-state index contributed by atoms with van der Waals surface area (Å²) in [5.41, 5.74) is 1.25. The second-order valence-electron chi connectivity index (χ2n) is 9.45. The normalized spacial score (nSPS) is 11.7. The molecule has 5 aromatic rings. The molecule has 5 rings (SSSR count). The highest BCUT2D eigenvalue weighted by molar-refractivity contribution is 6.08. The number of anilines is 2. The maximum absolute atomic E-state index is 14.0. The first-order chi connectivity index (χ1) is 19.0. The van der Waals surface area contributed by atoms with Crippen molar-refractivity contribution >= 4 is 28.8 Å². The summed E-state index contributed by atoms with van der Waals surface area (Å²) in [6.45, 7) is 4.04. The SMILES string of the molecule is CC(C)c1ccc(-c2cc(C(F)(F)F)n3ncc(C(=O)Nc4ccc(NC(=O)c5ccn(C)n5)cc4)c3n2)cc1. The molecule has 2 amide bonds. The summed E-state index contributed by atoms with van der Waals surface area (Å²) in [6, 6.07) is 15.8. The largest absolute Gasteiger partial charge is 0.433 e. The molecule has 0 saturated carbocycles. The van der Waals surface area contributed by atoms with Crippen molar-refractivity contribution in [2.75, 3.05) is 10.6 Å². The van der Waals surface area contributed by atoms with Crippen molar-refractivity contribution in [2.45, 2.75) is 25.9 Å². The van der Waals surface area contributed by atoms with Crippen molar-refractivity contribution in [1.29, 1.82) is 0 Å². The lowest BCUT2D eigenvalue weighted by Crippen LogP contribution is -2.16. The molecule has 0 aliphatic rings. The number of aryl methyl sites for hydroxylation is 1. The lowest BCUT2D eigenvalue weighted by molar-refractivity contribution is -0.142. The van der Waals surface area contributed by atoms with Crippen LogP contribution in [-0.2, 0) is 13.2 Å². The lowest BCUT2D eigenvalue weighted by Gasteiger charge is -2.12. The van der Waals surface area contributed by atoms with Gasteiger partial charge in [-0.15, -0.1) is 0 Å². The molecule has 9 nitrogen and oxygen atoms in total. The number of rotatable bonds is 6. The Bertz CT molecular complexity index is 1700. The number of carbonyl (C=O) groups is 2. The van der Waals surface area contributed by atoms with E-state index in [4.69, 9.17) is 0 Å². The van der Waals surface area contributed by atoms with Crippen LogP contribution in [0.1, 0.15) is 51.9 Å². The van der Waals surface area contributed by atoms with Crippen molar-refractivity contribution in [3.05, 3.63) is 95.6 Å². The van der Waals surface area contributed by atoms with Gasteiger partial charge in [-0.25, -0.2) is 9.50 Å². The average Bonchev–Trinajstić information content (AvgIpc) is 3.55. The van der Waals surface area contributed by atoms with Crippen LogP contribution >= 0.6 is 0 Å². The average molecular weight is 548 g/mol. The standard InChI is InChI=1S/C28H24F3N7O2/c1-16(2)17-4-6-18(7-5-17)23-14-24(28(29,30)31)38-25(35-23)21(15-32-38)26(39)33-19-8-10-20(11-9-19)34-27(40)22-12-13-37(3)36-22/h4-16H,1-3H3,(H,33,39)(H,34,40). The number of hydrogen-bond donors (Lipinski definition) is 2. The van der Waals surface area contributed by atoms with Crippen LogP contribution in [0.2, 0.25) is 0 Å². The Balaban J connectivity index is 1.41. The molecule has 0 aliphatic heterocycles. The summed E-state index contributed by atoms with van der Waals surface area (Å²) in [5.74, 6) is -0.829. The zero-order chi connectivity index (χ0) is 28.6. The Hall–Kier alpha value is -5.00. The van der Waals surface area contributed by atoms with E-state index in [1.165, 1.54) is 4.68 Å². The van der Waals surface area contributed by atoms with Crippen molar-refractivity contribution < 1.29 is 22.8 Å².